The summed E-state index contributed by atoms with van der Waals surface area (Å²) in [7, 11) is 0. The van der Waals surface area contributed by atoms with Crippen LogP contribution in [0.5, 0.6) is 0 Å². The van der Waals surface area contributed by atoms with Gasteiger partial charge in [0.05, 0.1) is 0 Å². The average Bonchev–Trinajstić information content (AvgIpc) is 2.33. The Morgan fingerprint density at radius 2 is 1.88 bits per heavy atom. The lowest BCUT2D eigenvalue weighted by Gasteiger charge is -2.35. The smallest absolute Gasteiger partial charge is 0.171 e. The fourth-order valence-corrected chi connectivity index (χ4v) is 2.92. The molecule has 2 N–H and O–H groups in total. The second-order valence-corrected chi connectivity index (χ2v) is 5.20. The molecule has 0 heterocycles. The van der Waals surface area contributed by atoms with E-state index in [0.717, 1.165) is 0 Å². The molecular formula is C14H20N2S. The fraction of sp³-hybridized carbons (Fsp3) is 0.500. The lowest BCUT2D eigenvalue weighted by Crippen LogP contribution is -2.45. The van der Waals surface area contributed by atoms with Crippen LogP contribution in [0.2, 0.25) is 0 Å². The van der Waals surface area contributed by atoms with Gasteiger partial charge in [-0.2, -0.15) is 0 Å². The fourth-order valence-electron chi connectivity index (χ4n) is 2.67. The second kappa shape index (κ2) is 5.50. The number of hydrogen-bond acceptors (Lipinski definition) is 1. The van der Waals surface area contributed by atoms with Crippen LogP contribution in [0.15, 0.2) is 24.3 Å². The normalized spacial score (nSPS) is 16.8. The summed E-state index contributed by atoms with van der Waals surface area (Å²) in [6.45, 7) is 2.11. The molecule has 1 saturated carbocycles. The van der Waals surface area contributed by atoms with Gasteiger partial charge in [-0.25, -0.2) is 0 Å². The van der Waals surface area contributed by atoms with E-state index in [1.165, 1.54) is 43.4 Å². The summed E-state index contributed by atoms with van der Waals surface area (Å²) in [6, 6.07) is 8.82. The Labute approximate surface area is 109 Å². The molecule has 0 saturated heterocycles. The number of benzene rings is 1. The minimum Gasteiger partial charge on any atom is -0.376 e. The largest absolute Gasteiger partial charge is 0.376 e. The van der Waals surface area contributed by atoms with Crippen LogP contribution in [0.4, 0.5) is 5.69 Å². The van der Waals surface area contributed by atoms with Gasteiger partial charge in [0.15, 0.2) is 5.11 Å². The molecule has 3 heteroatoms. The molecule has 0 aromatic heterocycles. The minimum absolute atomic E-state index is 0.488. The zero-order valence-electron chi connectivity index (χ0n) is 10.4. The number of hydrogen-bond donors (Lipinski definition) is 1. The van der Waals surface area contributed by atoms with Crippen molar-refractivity contribution in [2.75, 3.05) is 4.90 Å². The summed E-state index contributed by atoms with van der Waals surface area (Å²) in [5.74, 6) is 0. The molecule has 0 bridgehead atoms. The summed E-state index contributed by atoms with van der Waals surface area (Å²) in [5.41, 5.74) is 8.34. The molecule has 0 aliphatic heterocycles. The maximum atomic E-state index is 5.93. The number of thiocarbonyl (C=S) groups is 1. The van der Waals surface area contributed by atoms with E-state index < -0.39 is 0 Å². The van der Waals surface area contributed by atoms with E-state index in [0.29, 0.717) is 11.2 Å². The quantitative estimate of drug-likeness (QED) is 0.814. The van der Waals surface area contributed by atoms with Crippen LogP contribution in [-0.2, 0) is 0 Å². The van der Waals surface area contributed by atoms with Crippen LogP contribution in [0, 0.1) is 6.92 Å². The lowest BCUT2D eigenvalue weighted by atomic mass is 9.93. The first kappa shape index (κ1) is 12.4. The highest BCUT2D eigenvalue weighted by Gasteiger charge is 2.24. The Bertz CT molecular complexity index is 397. The average molecular weight is 248 g/mol. The molecule has 2 nitrogen and oxygen atoms in total. The van der Waals surface area contributed by atoms with Crippen molar-refractivity contribution in [1.29, 1.82) is 0 Å². The molecule has 0 unspecified atom stereocenters. The zero-order chi connectivity index (χ0) is 12.3. The van der Waals surface area contributed by atoms with Gasteiger partial charge >= 0.3 is 0 Å². The van der Waals surface area contributed by atoms with Crippen molar-refractivity contribution in [1.82, 2.24) is 0 Å². The highest BCUT2D eigenvalue weighted by Crippen LogP contribution is 2.29. The number of aryl methyl sites for hydroxylation is 1. The maximum absolute atomic E-state index is 5.93. The maximum Gasteiger partial charge on any atom is 0.171 e. The standard InChI is InChI=1S/C14H20N2S/c1-11-7-5-6-10-13(11)16(14(15)17)12-8-3-2-4-9-12/h5-7,10,12H,2-4,8-9H2,1H3,(H2,15,17). The summed E-state index contributed by atoms with van der Waals surface area (Å²) in [5, 5.41) is 0.506. The van der Waals surface area contributed by atoms with Gasteiger partial charge in [-0.1, -0.05) is 37.5 Å². The number of nitrogens with two attached hydrogens (primary N) is 1. The molecule has 1 fully saturated rings. The van der Waals surface area contributed by atoms with Crippen LogP contribution >= 0.6 is 12.2 Å². The first-order valence-electron chi connectivity index (χ1n) is 6.34. The van der Waals surface area contributed by atoms with Gasteiger partial charge in [0.1, 0.15) is 0 Å². The van der Waals surface area contributed by atoms with Crippen molar-refractivity contribution < 1.29 is 0 Å². The summed E-state index contributed by atoms with van der Waals surface area (Å²) < 4.78 is 0. The Balaban J connectivity index is 2.28. The molecule has 0 spiro atoms. The third-order valence-electron chi connectivity index (χ3n) is 3.55. The molecule has 0 amide bonds. The molecule has 1 aromatic rings. The van der Waals surface area contributed by atoms with E-state index in [4.69, 9.17) is 18.0 Å². The highest BCUT2D eigenvalue weighted by molar-refractivity contribution is 7.80. The lowest BCUT2D eigenvalue weighted by molar-refractivity contribution is 0.440. The summed E-state index contributed by atoms with van der Waals surface area (Å²) in [6.07, 6.45) is 6.32. The van der Waals surface area contributed by atoms with Crippen LogP contribution in [0.1, 0.15) is 37.7 Å². The van der Waals surface area contributed by atoms with E-state index >= 15 is 0 Å². The van der Waals surface area contributed by atoms with Crippen LogP contribution in [0.25, 0.3) is 0 Å². The Morgan fingerprint density at radius 3 is 2.47 bits per heavy atom. The highest BCUT2D eigenvalue weighted by atomic mass is 32.1. The molecule has 0 radical (unpaired) electrons. The third-order valence-corrected chi connectivity index (χ3v) is 3.75. The predicted octanol–water partition coefficient (Wildman–Crippen LogP) is 3.38. The summed E-state index contributed by atoms with van der Waals surface area (Å²) >= 11 is 5.24. The monoisotopic (exact) mass is 248 g/mol. The summed E-state index contributed by atoms with van der Waals surface area (Å²) in [4.78, 5) is 2.16. The molecule has 0 atom stereocenters. The van der Waals surface area contributed by atoms with Gasteiger partial charge in [0, 0.05) is 11.7 Å². The molecule has 1 aromatic carbocycles. The van der Waals surface area contributed by atoms with Crippen molar-refractivity contribution in [3.05, 3.63) is 29.8 Å². The molecule has 2 rings (SSSR count). The molecular weight excluding hydrogens is 228 g/mol. The van der Waals surface area contributed by atoms with Gasteiger partial charge in [0.25, 0.3) is 0 Å². The van der Waals surface area contributed by atoms with E-state index in [-0.39, 0.29) is 0 Å². The van der Waals surface area contributed by atoms with Crippen LogP contribution in [-0.4, -0.2) is 11.2 Å². The Morgan fingerprint density at radius 1 is 1.24 bits per heavy atom. The molecule has 1 aliphatic rings. The first-order chi connectivity index (χ1) is 8.20. The SMILES string of the molecule is Cc1ccccc1N(C(N)=S)C1CCCCC1. The number of para-hydroxylation sites is 1. The number of rotatable bonds is 2. The first-order valence-corrected chi connectivity index (χ1v) is 6.75. The van der Waals surface area contributed by atoms with Crippen molar-refractivity contribution in [2.45, 2.75) is 45.1 Å². The van der Waals surface area contributed by atoms with Crippen molar-refractivity contribution in [3.8, 4) is 0 Å². The van der Waals surface area contributed by atoms with Crippen molar-refractivity contribution in [2.24, 2.45) is 5.73 Å². The predicted molar refractivity (Wildman–Crippen MR) is 77.3 cm³/mol. The van der Waals surface area contributed by atoms with Gasteiger partial charge in [0.2, 0.25) is 0 Å². The topological polar surface area (TPSA) is 29.3 Å². The second-order valence-electron chi connectivity index (χ2n) is 4.79. The molecule has 92 valence electrons. The van der Waals surface area contributed by atoms with Crippen molar-refractivity contribution >= 4 is 23.0 Å². The Kier molecular flexibility index (Phi) is 4.00. The van der Waals surface area contributed by atoms with E-state index in [2.05, 4.69) is 36.1 Å². The number of nitrogens with zero attached hydrogens (tertiary/aromatic N) is 1. The van der Waals surface area contributed by atoms with Gasteiger partial charge in [-0.05, 0) is 43.6 Å². The third kappa shape index (κ3) is 2.78. The van der Waals surface area contributed by atoms with E-state index in [9.17, 15) is 0 Å². The van der Waals surface area contributed by atoms with Crippen molar-refractivity contribution in [3.63, 3.8) is 0 Å². The Hall–Kier alpha value is -1.09. The van der Waals surface area contributed by atoms with Crippen LogP contribution in [0.3, 0.4) is 0 Å². The van der Waals surface area contributed by atoms with E-state index in [1.807, 2.05) is 0 Å². The van der Waals surface area contributed by atoms with Crippen LogP contribution < -0.4 is 10.6 Å². The minimum atomic E-state index is 0.488. The van der Waals surface area contributed by atoms with Gasteiger partial charge in [-0.15, -0.1) is 0 Å². The molecule has 17 heavy (non-hydrogen) atoms. The van der Waals surface area contributed by atoms with Gasteiger partial charge in [-0.3, -0.25) is 0 Å². The van der Waals surface area contributed by atoms with E-state index in [1.54, 1.807) is 0 Å². The zero-order valence-corrected chi connectivity index (χ0v) is 11.2. The van der Waals surface area contributed by atoms with Gasteiger partial charge < -0.3 is 10.6 Å². The number of anilines is 1. The molecule has 1 aliphatic carbocycles.